The lowest BCUT2D eigenvalue weighted by Gasteiger charge is -2.14. The molecule has 23 heavy (non-hydrogen) atoms. The predicted molar refractivity (Wildman–Crippen MR) is 94.7 cm³/mol. The molecule has 3 nitrogen and oxygen atoms in total. The summed E-state index contributed by atoms with van der Waals surface area (Å²) in [6.07, 6.45) is 0. The van der Waals surface area contributed by atoms with E-state index >= 15 is 0 Å². The highest BCUT2D eigenvalue weighted by Gasteiger charge is 2.17. The van der Waals surface area contributed by atoms with E-state index in [4.69, 9.17) is 0 Å². The molecule has 2 aromatic carbocycles. The summed E-state index contributed by atoms with van der Waals surface area (Å²) >= 11 is 0. The molecule has 3 rings (SSSR count). The second kappa shape index (κ2) is 6.44. The highest BCUT2D eigenvalue weighted by Crippen LogP contribution is 2.32. The first kappa shape index (κ1) is 15.0. The Morgan fingerprint density at radius 3 is 2.00 bits per heavy atom. The summed E-state index contributed by atoms with van der Waals surface area (Å²) in [6, 6.07) is 21.9. The molecular weight excluding hydrogens is 284 g/mol. The van der Waals surface area contributed by atoms with Gasteiger partial charge in [0.2, 0.25) is 0 Å². The molecule has 1 heterocycles. The molecule has 1 aromatic heterocycles. The smallest absolute Gasteiger partial charge is 0.164 e. The number of benzene rings is 2. The van der Waals surface area contributed by atoms with Crippen molar-refractivity contribution in [2.75, 3.05) is 12.4 Å². The van der Waals surface area contributed by atoms with Crippen LogP contribution in [0.2, 0.25) is 0 Å². The summed E-state index contributed by atoms with van der Waals surface area (Å²) in [6.45, 7) is 1.58. The number of nitrogens with one attached hydrogen (secondary N) is 1. The van der Waals surface area contributed by atoms with Crippen molar-refractivity contribution in [3.63, 3.8) is 0 Å². The minimum absolute atomic E-state index is 0.000291. The van der Waals surface area contributed by atoms with Gasteiger partial charge in [-0.05, 0) is 24.1 Å². The SMILES string of the molecule is CNc1nc(-c2ccccc2)cc(-c2ccccc2)c1C(C)=O. The van der Waals surface area contributed by atoms with Crippen molar-refractivity contribution in [2.45, 2.75) is 6.92 Å². The predicted octanol–water partition coefficient (Wildman–Crippen LogP) is 4.66. The van der Waals surface area contributed by atoms with Crippen molar-refractivity contribution in [1.29, 1.82) is 0 Å². The van der Waals surface area contributed by atoms with E-state index < -0.39 is 0 Å². The van der Waals surface area contributed by atoms with Gasteiger partial charge in [-0.2, -0.15) is 0 Å². The number of rotatable bonds is 4. The lowest BCUT2D eigenvalue weighted by atomic mass is 9.96. The fourth-order valence-electron chi connectivity index (χ4n) is 2.68. The quantitative estimate of drug-likeness (QED) is 0.713. The molecule has 114 valence electrons. The molecule has 0 radical (unpaired) electrons. The first-order chi connectivity index (χ1) is 11.2. The Labute approximate surface area is 136 Å². The average molecular weight is 302 g/mol. The van der Waals surface area contributed by atoms with Crippen LogP contribution in [-0.2, 0) is 0 Å². The van der Waals surface area contributed by atoms with E-state index in [-0.39, 0.29) is 5.78 Å². The fourth-order valence-corrected chi connectivity index (χ4v) is 2.68. The number of pyridine rings is 1. The number of hydrogen-bond acceptors (Lipinski definition) is 3. The van der Waals surface area contributed by atoms with Crippen LogP contribution in [0.5, 0.6) is 0 Å². The van der Waals surface area contributed by atoms with Crippen LogP contribution in [-0.4, -0.2) is 17.8 Å². The average Bonchev–Trinajstić information content (AvgIpc) is 2.62. The second-order valence-electron chi connectivity index (χ2n) is 5.32. The number of ketones is 1. The summed E-state index contributed by atoms with van der Waals surface area (Å²) in [5, 5.41) is 3.07. The summed E-state index contributed by atoms with van der Waals surface area (Å²) in [5.74, 6) is 0.609. The molecule has 0 amide bonds. The Hall–Kier alpha value is -2.94. The molecule has 3 heteroatoms. The number of hydrogen-bond donors (Lipinski definition) is 1. The minimum Gasteiger partial charge on any atom is -0.373 e. The lowest BCUT2D eigenvalue weighted by molar-refractivity contribution is 0.101. The number of carbonyl (C=O) groups is 1. The molecule has 0 aliphatic heterocycles. The van der Waals surface area contributed by atoms with Crippen LogP contribution in [0.15, 0.2) is 66.7 Å². The van der Waals surface area contributed by atoms with Crippen molar-refractivity contribution in [3.8, 4) is 22.4 Å². The van der Waals surface area contributed by atoms with Crippen molar-refractivity contribution in [2.24, 2.45) is 0 Å². The topological polar surface area (TPSA) is 42.0 Å². The van der Waals surface area contributed by atoms with Gasteiger partial charge in [-0.25, -0.2) is 4.98 Å². The monoisotopic (exact) mass is 302 g/mol. The molecule has 1 N–H and O–H groups in total. The molecule has 0 saturated heterocycles. The van der Waals surface area contributed by atoms with Crippen molar-refractivity contribution < 1.29 is 4.79 Å². The van der Waals surface area contributed by atoms with Crippen molar-refractivity contribution >= 4 is 11.6 Å². The van der Waals surface area contributed by atoms with Crippen LogP contribution in [0, 0.1) is 0 Å². The van der Waals surface area contributed by atoms with E-state index in [2.05, 4.69) is 10.3 Å². The highest BCUT2D eigenvalue weighted by molar-refractivity contribution is 6.05. The molecule has 3 aromatic rings. The van der Waals surface area contributed by atoms with E-state index in [1.54, 1.807) is 14.0 Å². The van der Waals surface area contributed by atoms with E-state index in [0.717, 1.165) is 22.4 Å². The van der Waals surface area contributed by atoms with Gasteiger partial charge in [0, 0.05) is 12.6 Å². The summed E-state index contributed by atoms with van der Waals surface area (Å²) in [7, 11) is 1.79. The van der Waals surface area contributed by atoms with Gasteiger partial charge >= 0.3 is 0 Å². The molecule has 0 unspecified atom stereocenters. The zero-order chi connectivity index (χ0) is 16.2. The molecule has 0 spiro atoms. The summed E-state index contributed by atoms with van der Waals surface area (Å²) < 4.78 is 0. The van der Waals surface area contributed by atoms with Gasteiger partial charge in [0.1, 0.15) is 5.82 Å². The summed E-state index contributed by atoms with van der Waals surface area (Å²) in [4.78, 5) is 16.8. The van der Waals surface area contributed by atoms with Crippen LogP contribution in [0.3, 0.4) is 0 Å². The third-order valence-electron chi connectivity index (χ3n) is 3.76. The molecule has 0 aliphatic carbocycles. The Balaban J connectivity index is 2.29. The third-order valence-corrected chi connectivity index (χ3v) is 3.76. The maximum atomic E-state index is 12.2. The molecule has 0 bridgehead atoms. The largest absolute Gasteiger partial charge is 0.373 e. The van der Waals surface area contributed by atoms with Gasteiger partial charge in [-0.1, -0.05) is 60.7 Å². The van der Waals surface area contributed by atoms with E-state index in [1.165, 1.54) is 0 Å². The Kier molecular flexibility index (Phi) is 4.20. The number of nitrogens with zero attached hydrogens (tertiary/aromatic N) is 1. The highest BCUT2D eigenvalue weighted by atomic mass is 16.1. The minimum atomic E-state index is 0.000291. The number of aromatic nitrogens is 1. The fraction of sp³-hybridized carbons (Fsp3) is 0.100. The van der Waals surface area contributed by atoms with Crippen LogP contribution < -0.4 is 5.32 Å². The maximum Gasteiger partial charge on any atom is 0.164 e. The molecule has 0 atom stereocenters. The Bertz CT molecular complexity index is 827. The first-order valence-electron chi connectivity index (χ1n) is 7.55. The molecular formula is C20H18N2O. The first-order valence-corrected chi connectivity index (χ1v) is 7.55. The van der Waals surface area contributed by atoms with Crippen molar-refractivity contribution in [1.82, 2.24) is 4.98 Å². The molecule has 0 saturated carbocycles. The maximum absolute atomic E-state index is 12.2. The second-order valence-corrected chi connectivity index (χ2v) is 5.32. The van der Waals surface area contributed by atoms with Gasteiger partial charge in [0.25, 0.3) is 0 Å². The Morgan fingerprint density at radius 2 is 1.48 bits per heavy atom. The number of Topliss-reactive ketones (excluding diaryl/α,β-unsaturated/α-hetero) is 1. The van der Waals surface area contributed by atoms with Crippen LogP contribution >= 0.6 is 0 Å². The van der Waals surface area contributed by atoms with E-state index in [9.17, 15) is 4.79 Å². The molecule has 0 aliphatic rings. The Morgan fingerprint density at radius 1 is 0.913 bits per heavy atom. The normalized spacial score (nSPS) is 10.3. The summed E-state index contributed by atoms with van der Waals surface area (Å²) in [5.41, 5.74) is 4.40. The zero-order valence-corrected chi connectivity index (χ0v) is 13.2. The van der Waals surface area contributed by atoms with E-state index in [0.29, 0.717) is 11.4 Å². The number of anilines is 1. The third kappa shape index (κ3) is 2.99. The van der Waals surface area contributed by atoms with Crippen LogP contribution in [0.25, 0.3) is 22.4 Å². The van der Waals surface area contributed by atoms with E-state index in [1.807, 2.05) is 66.7 Å². The zero-order valence-electron chi connectivity index (χ0n) is 13.2. The van der Waals surface area contributed by atoms with Gasteiger partial charge < -0.3 is 5.32 Å². The van der Waals surface area contributed by atoms with Crippen LogP contribution in [0.4, 0.5) is 5.82 Å². The van der Waals surface area contributed by atoms with Gasteiger partial charge in [-0.15, -0.1) is 0 Å². The van der Waals surface area contributed by atoms with Gasteiger partial charge in [-0.3, -0.25) is 4.79 Å². The standard InChI is InChI=1S/C20H18N2O/c1-14(23)19-17(15-9-5-3-6-10-15)13-18(22-20(19)21-2)16-11-7-4-8-12-16/h3-13H,1-2H3,(H,21,22). The molecule has 0 fully saturated rings. The van der Waals surface area contributed by atoms with Gasteiger partial charge in [0.05, 0.1) is 11.3 Å². The lowest BCUT2D eigenvalue weighted by Crippen LogP contribution is -2.06. The van der Waals surface area contributed by atoms with Crippen LogP contribution in [0.1, 0.15) is 17.3 Å². The number of carbonyl (C=O) groups excluding carboxylic acids is 1. The van der Waals surface area contributed by atoms with Crippen molar-refractivity contribution in [3.05, 3.63) is 72.3 Å². The van der Waals surface area contributed by atoms with Gasteiger partial charge in [0.15, 0.2) is 5.78 Å².